The number of hydrogen-bond acceptors (Lipinski definition) is 4. The highest BCUT2D eigenvalue weighted by Gasteiger charge is 2.14. The number of ether oxygens (including phenoxy) is 1. The molecule has 0 aromatic heterocycles. The first-order valence-electron chi connectivity index (χ1n) is 9.52. The van der Waals surface area contributed by atoms with Gasteiger partial charge >= 0.3 is 0 Å². The molecule has 2 aromatic rings. The van der Waals surface area contributed by atoms with Crippen LogP contribution in [0.3, 0.4) is 0 Å². The third kappa shape index (κ3) is 5.23. The van der Waals surface area contributed by atoms with Crippen LogP contribution in [0.4, 0.5) is 11.4 Å². The second-order valence-corrected chi connectivity index (χ2v) is 7.19. The highest BCUT2D eigenvalue weighted by Crippen LogP contribution is 2.21. The number of anilines is 2. The first kappa shape index (κ1) is 19.2. The minimum atomic E-state index is 0.0378. The maximum absolute atomic E-state index is 12.3. The fourth-order valence-corrected chi connectivity index (χ4v) is 3.40. The highest BCUT2D eigenvalue weighted by atomic mass is 16.5. The fourth-order valence-electron chi connectivity index (χ4n) is 3.40. The molecule has 0 atom stereocenters. The van der Waals surface area contributed by atoms with E-state index in [1.807, 2.05) is 31.2 Å². The molecule has 1 saturated heterocycles. The molecule has 2 aromatic carbocycles. The molecule has 1 fully saturated rings. The Morgan fingerprint density at radius 3 is 2.41 bits per heavy atom. The van der Waals surface area contributed by atoms with Crippen LogP contribution in [-0.4, -0.2) is 51.1 Å². The lowest BCUT2D eigenvalue weighted by Gasteiger charge is -2.34. The van der Waals surface area contributed by atoms with Crippen LogP contribution in [-0.2, 0) is 11.2 Å². The maximum atomic E-state index is 12.3. The number of carbonyl (C=O) groups is 1. The third-order valence-corrected chi connectivity index (χ3v) is 5.12. The number of carbonyl (C=O) groups excluding carboxylic acids is 1. The van der Waals surface area contributed by atoms with Gasteiger partial charge in [0.15, 0.2) is 0 Å². The van der Waals surface area contributed by atoms with Crippen LogP contribution in [0.15, 0.2) is 42.5 Å². The summed E-state index contributed by atoms with van der Waals surface area (Å²) in [5.74, 6) is 0.916. The van der Waals surface area contributed by atoms with Crippen molar-refractivity contribution in [2.75, 3.05) is 50.6 Å². The lowest BCUT2D eigenvalue weighted by atomic mass is 10.1. The van der Waals surface area contributed by atoms with Gasteiger partial charge in [0, 0.05) is 44.0 Å². The van der Waals surface area contributed by atoms with Crippen molar-refractivity contribution < 1.29 is 9.53 Å². The summed E-state index contributed by atoms with van der Waals surface area (Å²) < 4.78 is 5.28. The predicted octanol–water partition coefficient (Wildman–Crippen LogP) is 3.33. The van der Waals surface area contributed by atoms with E-state index >= 15 is 0 Å². The topological polar surface area (TPSA) is 44.8 Å². The van der Waals surface area contributed by atoms with E-state index in [1.54, 1.807) is 7.11 Å². The molecular formula is C22H29N3O2. The lowest BCUT2D eigenvalue weighted by molar-refractivity contribution is -0.116. The van der Waals surface area contributed by atoms with E-state index in [1.165, 1.54) is 5.69 Å². The van der Waals surface area contributed by atoms with Gasteiger partial charge in [0.1, 0.15) is 5.75 Å². The Kier molecular flexibility index (Phi) is 6.35. The van der Waals surface area contributed by atoms with E-state index in [0.717, 1.165) is 55.2 Å². The van der Waals surface area contributed by atoms with Crippen molar-refractivity contribution >= 4 is 17.3 Å². The van der Waals surface area contributed by atoms with Gasteiger partial charge in [-0.05, 0) is 61.9 Å². The van der Waals surface area contributed by atoms with Crippen molar-refractivity contribution in [3.05, 3.63) is 53.6 Å². The van der Waals surface area contributed by atoms with E-state index in [2.05, 4.69) is 40.4 Å². The standard InChI is InChI=1S/C22H29N3O2/c1-17-16-18(4-10-21(17)27-3)5-11-22(26)23-19-6-8-20(9-7-19)25-14-12-24(2)13-15-25/h4,6-10,16H,5,11-15H2,1-3H3,(H,23,26). The molecule has 1 heterocycles. The number of nitrogens with one attached hydrogen (secondary N) is 1. The summed E-state index contributed by atoms with van der Waals surface area (Å²) in [6.07, 6.45) is 1.18. The largest absolute Gasteiger partial charge is 0.496 e. The molecule has 0 saturated carbocycles. The van der Waals surface area contributed by atoms with E-state index < -0.39 is 0 Å². The van der Waals surface area contributed by atoms with Crippen molar-refractivity contribution in [3.8, 4) is 5.75 Å². The van der Waals surface area contributed by atoms with Gasteiger partial charge in [-0.3, -0.25) is 4.79 Å². The monoisotopic (exact) mass is 367 g/mol. The van der Waals surface area contributed by atoms with Crippen LogP contribution >= 0.6 is 0 Å². The van der Waals surface area contributed by atoms with E-state index in [0.29, 0.717) is 6.42 Å². The summed E-state index contributed by atoms with van der Waals surface area (Å²) in [6, 6.07) is 14.2. The molecule has 0 bridgehead atoms. The summed E-state index contributed by atoms with van der Waals surface area (Å²) in [6.45, 7) is 6.28. The van der Waals surface area contributed by atoms with E-state index in [9.17, 15) is 4.79 Å². The van der Waals surface area contributed by atoms with Crippen molar-refractivity contribution in [1.29, 1.82) is 0 Å². The van der Waals surface area contributed by atoms with Gasteiger partial charge in [0.05, 0.1) is 7.11 Å². The number of aryl methyl sites for hydroxylation is 2. The zero-order valence-electron chi connectivity index (χ0n) is 16.5. The van der Waals surface area contributed by atoms with Crippen LogP contribution in [0.25, 0.3) is 0 Å². The number of nitrogens with zero attached hydrogens (tertiary/aromatic N) is 2. The Bertz CT molecular complexity index is 766. The second kappa shape index (κ2) is 8.91. The number of hydrogen-bond donors (Lipinski definition) is 1. The Hall–Kier alpha value is -2.53. The lowest BCUT2D eigenvalue weighted by Crippen LogP contribution is -2.44. The zero-order valence-corrected chi connectivity index (χ0v) is 16.5. The quantitative estimate of drug-likeness (QED) is 0.851. The Balaban J connectivity index is 1.50. The van der Waals surface area contributed by atoms with E-state index in [4.69, 9.17) is 4.74 Å². The SMILES string of the molecule is COc1ccc(CCC(=O)Nc2ccc(N3CCN(C)CC3)cc2)cc1C. The van der Waals surface area contributed by atoms with Gasteiger partial charge in [0.2, 0.25) is 5.91 Å². The Morgan fingerprint density at radius 2 is 1.78 bits per heavy atom. The normalized spacial score (nSPS) is 14.9. The summed E-state index contributed by atoms with van der Waals surface area (Å²) in [4.78, 5) is 17.0. The van der Waals surface area contributed by atoms with Crippen LogP contribution in [0.1, 0.15) is 17.5 Å². The third-order valence-electron chi connectivity index (χ3n) is 5.12. The molecule has 0 aliphatic carbocycles. The second-order valence-electron chi connectivity index (χ2n) is 7.19. The Labute approximate surface area is 161 Å². The number of piperazine rings is 1. The molecule has 0 unspecified atom stereocenters. The van der Waals surface area contributed by atoms with Crippen LogP contribution in [0.5, 0.6) is 5.75 Å². The highest BCUT2D eigenvalue weighted by molar-refractivity contribution is 5.91. The molecule has 3 rings (SSSR count). The first-order valence-corrected chi connectivity index (χ1v) is 9.52. The Morgan fingerprint density at radius 1 is 1.07 bits per heavy atom. The van der Waals surface area contributed by atoms with E-state index in [-0.39, 0.29) is 5.91 Å². The summed E-state index contributed by atoms with van der Waals surface area (Å²) in [5.41, 5.74) is 4.31. The van der Waals surface area contributed by atoms with Crippen molar-refractivity contribution in [3.63, 3.8) is 0 Å². The van der Waals surface area contributed by atoms with Crippen LogP contribution in [0, 0.1) is 6.92 Å². The molecule has 1 aliphatic heterocycles. The number of rotatable bonds is 6. The number of methoxy groups -OCH3 is 1. The minimum Gasteiger partial charge on any atom is -0.496 e. The molecule has 1 amide bonds. The maximum Gasteiger partial charge on any atom is 0.224 e. The average Bonchev–Trinajstić information content (AvgIpc) is 2.68. The number of amides is 1. The fraction of sp³-hybridized carbons (Fsp3) is 0.409. The first-order chi connectivity index (χ1) is 13.0. The molecule has 144 valence electrons. The smallest absolute Gasteiger partial charge is 0.224 e. The van der Waals surface area contributed by atoms with Crippen LogP contribution in [0.2, 0.25) is 0 Å². The predicted molar refractivity (Wildman–Crippen MR) is 111 cm³/mol. The van der Waals surface area contributed by atoms with Crippen molar-refractivity contribution in [2.45, 2.75) is 19.8 Å². The number of likely N-dealkylation sites (N-methyl/N-ethyl adjacent to an activating group) is 1. The summed E-state index contributed by atoms with van der Waals surface area (Å²) in [7, 11) is 3.83. The van der Waals surface area contributed by atoms with Crippen LogP contribution < -0.4 is 15.0 Å². The summed E-state index contributed by atoms with van der Waals surface area (Å²) in [5, 5.41) is 3.00. The molecule has 27 heavy (non-hydrogen) atoms. The molecule has 1 aliphatic rings. The van der Waals surface area contributed by atoms with Gasteiger partial charge in [-0.25, -0.2) is 0 Å². The average molecular weight is 367 g/mol. The molecule has 0 spiro atoms. The zero-order chi connectivity index (χ0) is 19.2. The van der Waals surface area contributed by atoms with Gasteiger partial charge in [-0.2, -0.15) is 0 Å². The molecule has 5 heteroatoms. The molecular weight excluding hydrogens is 338 g/mol. The molecule has 1 N–H and O–H groups in total. The van der Waals surface area contributed by atoms with Crippen molar-refractivity contribution in [2.24, 2.45) is 0 Å². The minimum absolute atomic E-state index is 0.0378. The van der Waals surface area contributed by atoms with Gasteiger partial charge < -0.3 is 19.9 Å². The van der Waals surface area contributed by atoms with Crippen molar-refractivity contribution in [1.82, 2.24) is 4.90 Å². The summed E-state index contributed by atoms with van der Waals surface area (Å²) >= 11 is 0. The van der Waals surface area contributed by atoms with Gasteiger partial charge in [-0.15, -0.1) is 0 Å². The van der Waals surface area contributed by atoms with Gasteiger partial charge in [-0.1, -0.05) is 12.1 Å². The molecule has 0 radical (unpaired) electrons. The van der Waals surface area contributed by atoms with Gasteiger partial charge in [0.25, 0.3) is 0 Å². The molecule has 5 nitrogen and oxygen atoms in total. The number of benzene rings is 2.